The van der Waals surface area contributed by atoms with Crippen LogP contribution in [0, 0.1) is 5.82 Å². The quantitative estimate of drug-likeness (QED) is 0.706. The van der Waals surface area contributed by atoms with Crippen LogP contribution in [0.5, 0.6) is 5.75 Å². The summed E-state index contributed by atoms with van der Waals surface area (Å²) in [5.74, 6) is -0.191. The highest BCUT2D eigenvalue weighted by atomic mass is 35.5. The fourth-order valence-electron chi connectivity index (χ4n) is 3.01. The highest BCUT2D eigenvalue weighted by molar-refractivity contribution is 6.32. The number of rotatable bonds is 7. The van der Waals surface area contributed by atoms with Crippen molar-refractivity contribution < 1.29 is 9.13 Å². The lowest BCUT2D eigenvalue weighted by Crippen LogP contribution is -2.45. The van der Waals surface area contributed by atoms with Crippen LogP contribution >= 0.6 is 36.4 Å². The van der Waals surface area contributed by atoms with Gasteiger partial charge in [-0.05, 0) is 31.0 Å². The number of nitrogens with one attached hydrogen (secondary N) is 1. The molecule has 0 amide bonds. The molecular formula is C17H28Cl3FN2O. The smallest absolute Gasteiger partial charge is 0.173 e. The van der Waals surface area contributed by atoms with Gasteiger partial charge in [0.2, 0.25) is 0 Å². The highest BCUT2D eigenvalue weighted by Gasteiger charge is 2.24. The van der Waals surface area contributed by atoms with Gasteiger partial charge in [-0.1, -0.05) is 31.4 Å². The minimum atomic E-state index is -0.360. The lowest BCUT2D eigenvalue weighted by Gasteiger charge is -2.35. The van der Waals surface area contributed by atoms with Crippen LogP contribution in [0.4, 0.5) is 4.39 Å². The average Bonchev–Trinajstić information content (AvgIpc) is 2.52. The number of hydrogen-bond donors (Lipinski definition) is 1. The SMILES string of the molecule is CCCC[C@@H](c1cc(F)c(OCC)c(Cl)c1)N1CCNCC1.Cl.Cl. The maximum Gasteiger partial charge on any atom is 0.173 e. The Morgan fingerprint density at radius 2 is 1.92 bits per heavy atom. The number of benzene rings is 1. The van der Waals surface area contributed by atoms with Crippen molar-refractivity contribution in [2.24, 2.45) is 0 Å². The topological polar surface area (TPSA) is 24.5 Å². The predicted octanol–water partition coefficient (Wildman–Crippen LogP) is 4.86. The van der Waals surface area contributed by atoms with Gasteiger partial charge >= 0.3 is 0 Å². The Hall–Kier alpha value is -0.260. The summed E-state index contributed by atoms with van der Waals surface area (Å²) in [6.07, 6.45) is 3.29. The Morgan fingerprint density at radius 3 is 2.46 bits per heavy atom. The first-order chi connectivity index (χ1) is 10.7. The molecule has 1 aromatic rings. The van der Waals surface area contributed by atoms with Crippen LogP contribution in [-0.2, 0) is 0 Å². The van der Waals surface area contributed by atoms with Crippen molar-refractivity contribution >= 4 is 36.4 Å². The molecule has 2 rings (SSSR count). The average molecular weight is 402 g/mol. The third-order valence-electron chi connectivity index (χ3n) is 4.12. The number of piperazine rings is 1. The van der Waals surface area contributed by atoms with E-state index in [1.807, 2.05) is 13.0 Å². The van der Waals surface area contributed by atoms with Gasteiger partial charge in [-0.25, -0.2) is 4.39 Å². The van der Waals surface area contributed by atoms with Gasteiger partial charge in [0.1, 0.15) is 0 Å². The largest absolute Gasteiger partial charge is 0.489 e. The molecule has 0 aromatic heterocycles. The van der Waals surface area contributed by atoms with Crippen molar-refractivity contribution in [3.63, 3.8) is 0 Å². The maximum absolute atomic E-state index is 14.3. The molecule has 1 aliphatic heterocycles. The summed E-state index contributed by atoms with van der Waals surface area (Å²) in [6, 6.07) is 3.70. The van der Waals surface area contributed by atoms with Crippen LogP contribution in [0.2, 0.25) is 5.02 Å². The summed E-state index contributed by atoms with van der Waals surface area (Å²) < 4.78 is 19.6. The molecule has 1 heterocycles. The first-order valence-electron chi connectivity index (χ1n) is 8.23. The Labute approximate surface area is 162 Å². The monoisotopic (exact) mass is 400 g/mol. The lowest BCUT2D eigenvalue weighted by atomic mass is 9.98. The number of hydrogen-bond acceptors (Lipinski definition) is 3. The predicted molar refractivity (Wildman–Crippen MR) is 104 cm³/mol. The number of nitrogens with zero attached hydrogens (tertiary/aromatic N) is 1. The van der Waals surface area contributed by atoms with E-state index < -0.39 is 0 Å². The van der Waals surface area contributed by atoms with Gasteiger partial charge < -0.3 is 10.1 Å². The Balaban J connectivity index is 0.00000264. The van der Waals surface area contributed by atoms with Crippen LogP contribution in [0.15, 0.2) is 12.1 Å². The summed E-state index contributed by atoms with van der Waals surface area (Å²) in [5.41, 5.74) is 0.960. The van der Waals surface area contributed by atoms with Crippen LogP contribution in [0.1, 0.15) is 44.7 Å². The summed E-state index contributed by atoms with van der Waals surface area (Å²) in [4.78, 5) is 2.43. The molecule has 3 nitrogen and oxygen atoms in total. The Bertz CT molecular complexity index is 462. The lowest BCUT2D eigenvalue weighted by molar-refractivity contribution is 0.163. The molecule has 0 radical (unpaired) electrons. The van der Waals surface area contributed by atoms with Gasteiger partial charge in [0.25, 0.3) is 0 Å². The van der Waals surface area contributed by atoms with Gasteiger partial charge in [-0.2, -0.15) is 0 Å². The standard InChI is InChI=1S/C17H26ClFN2O.2ClH/c1-3-5-6-16(21-9-7-20-8-10-21)13-11-14(18)17(22-4-2)15(19)12-13;;/h11-12,16,20H,3-10H2,1-2H3;2*1H/t16-;;/m0../s1. The number of halogens is 4. The zero-order chi connectivity index (χ0) is 15.9. The molecule has 7 heteroatoms. The van der Waals surface area contributed by atoms with Crippen molar-refractivity contribution in [2.75, 3.05) is 32.8 Å². The van der Waals surface area contributed by atoms with Gasteiger partial charge in [-0.3, -0.25) is 4.90 Å². The molecule has 0 spiro atoms. The van der Waals surface area contributed by atoms with E-state index in [1.165, 1.54) is 0 Å². The van der Waals surface area contributed by atoms with E-state index in [4.69, 9.17) is 16.3 Å². The Morgan fingerprint density at radius 1 is 1.25 bits per heavy atom. The van der Waals surface area contributed by atoms with E-state index >= 15 is 0 Å². The zero-order valence-electron chi connectivity index (χ0n) is 14.3. The fraction of sp³-hybridized carbons (Fsp3) is 0.647. The van der Waals surface area contributed by atoms with Crippen LogP contribution in [0.25, 0.3) is 0 Å². The van der Waals surface area contributed by atoms with Gasteiger partial charge in [0.15, 0.2) is 11.6 Å². The summed E-state index contributed by atoms with van der Waals surface area (Å²) in [6.45, 7) is 8.36. The van der Waals surface area contributed by atoms with E-state index in [9.17, 15) is 4.39 Å². The van der Waals surface area contributed by atoms with Crippen molar-refractivity contribution in [1.29, 1.82) is 0 Å². The van der Waals surface area contributed by atoms with E-state index in [0.29, 0.717) is 11.6 Å². The number of ether oxygens (including phenoxy) is 1. The van der Waals surface area contributed by atoms with Crippen LogP contribution < -0.4 is 10.1 Å². The second-order valence-corrected chi connectivity index (χ2v) is 6.10. The molecule has 24 heavy (non-hydrogen) atoms. The molecule has 1 fully saturated rings. The molecule has 140 valence electrons. The number of unbranched alkanes of at least 4 members (excludes halogenated alkanes) is 1. The minimum Gasteiger partial charge on any atom is -0.489 e. The third-order valence-corrected chi connectivity index (χ3v) is 4.40. The maximum atomic E-state index is 14.3. The second kappa shape index (κ2) is 12.2. The summed E-state index contributed by atoms with van der Waals surface area (Å²) in [7, 11) is 0. The Kier molecular flexibility index (Phi) is 12.0. The molecule has 1 aromatic carbocycles. The molecule has 1 atom stereocenters. The van der Waals surface area contributed by atoms with E-state index in [-0.39, 0.29) is 42.4 Å². The van der Waals surface area contributed by atoms with Crippen molar-refractivity contribution in [1.82, 2.24) is 10.2 Å². The van der Waals surface area contributed by atoms with E-state index in [1.54, 1.807) is 6.07 Å². The first-order valence-corrected chi connectivity index (χ1v) is 8.61. The normalized spacial score (nSPS) is 16.0. The van der Waals surface area contributed by atoms with Crippen molar-refractivity contribution in [3.8, 4) is 5.75 Å². The molecule has 0 aliphatic carbocycles. The van der Waals surface area contributed by atoms with Crippen LogP contribution in [-0.4, -0.2) is 37.7 Å². The van der Waals surface area contributed by atoms with Crippen molar-refractivity contribution in [3.05, 3.63) is 28.5 Å². The van der Waals surface area contributed by atoms with E-state index in [0.717, 1.165) is 51.0 Å². The van der Waals surface area contributed by atoms with Gasteiger partial charge in [0.05, 0.1) is 11.6 Å². The highest BCUT2D eigenvalue weighted by Crippen LogP contribution is 2.35. The van der Waals surface area contributed by atoms with Gasteiger partial charge in [-0.15, -0.1) is 24.8 Å². The third kappa shape index (κ3) is 6.23. The first kappa shape index (κ1) is 23.7. The summed E-state index contributed by atoms with van der Waals surface area (Å²) in [5, 5.41) is 3.73. The van der Waals surface area contributed by atoms with Crippen LogP contribution in [0.3, 0.4) is 0 Å². The van der Waals surface area contributed by atoms with E-state index in [2.05, 4.69) is 17.1 Å². The molecule has 1 aliphatic rings. The molecule has 0 saturated carbocycles. The zero-order valence-corrected chi connectivity index (χ0v) is 16.7. The minimum absolute atomic E-state index is 0. The molecule has 1 N–H and O–H groups in total. The fourth-order valence-corrected chi connectivity index (χ4v) is 3.28. The molecule has 0 bridgehead atoms. The second-order valence-electron chi connectivity index (χ2n) is 5.69. The van der Waals surface area contributed by atoms with Gasteiger partial charge in [0, 0.05) is 32.2 Å². The summed E-state index contributed by atoms with van der Waals surface area (Å²) >= 11 is 6.23. The van der Waals surface area contributed by atoms with Crippen molar-refractivity contribution in [2.45, 2.75) is 39.2 Å². The molecule has 1 saturated heterocycles. The molecular weight excluding hydrogens is 374 g/mol. The molecule has 0 unspecified atom stereocenters.